The molecule has 0 spiro atoms. The van der Waals surface area contributed by atoms with Crippen LogP contribution in [0.3, 0.4) is 0 Å². The smallest absolute Gasteiger partial charge is 0.240 e. The van der Waals surface area contributed by atoms with E-state index in [2.05, 4.69) is 4.72 Å². The SMILES string of the molecule is Cc1cc(S(=O)(=O)NCCCN2CCCC2=O)c(C)cc1Cl. The summed E-state index contributed by atoms with van der Waals surface area (Å²) in [5.41, 5.74) is 1.35. The Bertz CT molecular complexity index is 674. The van der Waals surface area contributed by atoms with Crippen LogP contribution in [-0.4, -0.2) is 38.9 Å². The Labute approximate surface area is 136 Å². The van der Waals surface area contributed by atoms with Gasteiger partial charge in [0.05, 0.1) is 4.90 Å². The molecular weight excluding hydrogens is 324 g/mol. The summed E-state index contributed by atoms with van der Waals surface area (Å²) in [5, 5.41) is 0.559. The third-order valence-electron chi connectivity index (χ3n) is 3.81. The molecule has 1 aromatic carbocycles. The van der Waals surface area contributed by atoms with Crippen molar-refractivity contribution >= 4 is 27.5 Å². The van der Waals surface area contributed by atoms with E-state index in [0.29, 0.717) is 36.5 Å². The molecule has 0 unspecified atom stereocenters. The number of sulfonamides is 1. The third-order valence-corrected chi connectivity index (χ3v) is 5.82. The van der Waals surface area contributed by atoms with Crippen LogP contribution in [0.4, 0.5) is 0 Å². The molecule has 7 heteroatoms. The normalized spacial score (nSPS) is 15.6. The summed E-state index contributed by atoms with van der Waals surface area (Å²) in [6.45, 7) is 5.19. The third kappa shape index (κ3) is 4.00. The molecule has 0 atom stereocenters. The summed E-state index contributed by atoms with van der Waals surface area (Å²) in [6.07, 6.45) is 2.11. The summed E-state index contributed by atoms with van der Waals surface area (Å²) >= 11 is 6.00. The van der Waals surface area contributed by atoms with Gasteiger partial charge in [0.1, 0.15) is 0 Å². The van der Waals surface area contributed by atoms with Crippen LogP contribution in [0.1, 0.15) is 30.4 Å². The Morgan fingerprint density at radius 1 is 1.27 bits per heavy atom. The van der Waals surface area contributed by atoms with E-state index in [1.54, 1.807) is 30.9 Å². The van der Waals surface area contributed by atoms with Gasteiger partial charge in [0.25, 0.3) is 0 Å². The molecule has 1 N–H and O–H groups in total. The molecule has 1 saturated heterocycles. The summed E-state index contributed by atoms with van der Waals surface area (Å²) in [5.74, 6) is 0.159. The molecule has 22 heavy (non-hydrogen) atoms. The van der Waals surface area contributed by atoms with Gasteiger partial charge >= 0.3 is 0 Å². The van der Waals surface area contributed by atoms with E-state index >= 15 is 0 Å². The molecule has 0 bridgehead atoms. The molecule has 1 fully saturated rings. The Kier molecular flexibility index (Phi) is 5.47. The Balaban J connectivity index is 1.94. The highest BCUT2D eigenvalue weighted by Gasteiger charge is 2.20. The van der Waals surface area contributed by atoms with Gasteiger partial charge in [-0.1, -0.05) is 11.6 Å². The van der Waals surface area contributed by atoms with Gasteiger partial charge in [0, 0.05) is 31.1 Å². The van der Waals surface area contributed by atoms with Gasteiger partial charge in [-0.25, -0.2) is 13.1 Å². The van der Waals surface area contributed by atoms with Crippen molar-refractivity contribution in [1.82, 2.24) is 9.62 Å². The summed E-state index contributed by atoms with van der Waals surface area (Å²) < 4.78 is 27.3. The van der Waals surface area contributed by atoms with Crippen LogP contribution < -0.4 is 4.72 Å². The molecule has 0 saturated carbocycles. The van der Waals surface area contributed by atoms with Crippen molar-refractivity contribution in [2.75, 3.05) is 19.6 Å². The number of carbonyl (C=O) groups excluding carboxylic acids is 1. The van der Waals surface area contributed by atoms with Crippen molar-refractivity contribution in [3.8, 4) is 0 Å². The zero-order chi connectivity index (χ0) is 16.3. The number of hydrogen-bond donors (Lipinski definition) is 1. The number of halogens is 1. The van der Waals surface area contributed by atoms with Gasteiger partial charge < -0.3 is 4.90 Å². The number of aryl methyl sites for hydroxylation is 2. The number of nitrogens with one attached hydrogen (secondary N) is 1. The number of carbonyl (C=O) groups is 1. The van der Waals surface area contributed by atoms with Crippen molar-refractivity contribution in [1.29, 1.82) is 0 Å². The predicted octanol–water partition coefficient (Wildman–Crippen LogP) is 2.25. The van der Waals surface area contributed by atoms with E-state index in [1.165, 1.54) is 0 Å². The Morgan fingerprint density at radius 3 is 2.64 bits per heavy atom. The van der Waals surface area contributed by atoms with Crippen molar-refractivity contribution in [3.05, 3.63) is 28.3 Å². The first kappa shape index (κ1) is 17.2. The van der Waals surface area contributed by atoms with Gasteiger partial charge in [0.2, 0.25) is 15.9 Å². The molecule has 1 aliphatic heterocycles. The topological polar surface area (TPSA) is 66.5 Å². The lowest BCUT2D eigenvalue weighted by atomic mass is 10.2. The second kappa shape index (κ2) is 6.98. The van der Waals surface area contributed by atoms with Crippen LogP contribution in [0.25, 0.3) is 0 Å². The minimum atomic E-state index is -3.55. The molecule has 0 aliphatic carbocycles. The number of rotatable bonds is 6. The fourth-order valence-corrected chi connectivity index (χ4v) is 4.14. The average Bonchev–Trinajstić information content (AvgIpc) is 2.84. The molecule has 1 aliphatic rings. The lowest BCUT2D eigenvalue weighted by molar-refractivity contribution is -0.127. The highest BCUT2D eigenvalue weighted by atomic mass is 35.5. The highest BCUT2D eigenvalue weighted by Crippen LogP contribution is 2.23. The zero-order valence-corrected chi connectivity index (χ0v) is 14.4. The first-order chi connectivity index (χ1) is 10.3. The Morgan fingerprint density at radius 2 is 2.00 bits per heavy atom. The number of hydrogen-bond acceptors (Lipinski definition) is 3. The number of benzene rings is 1. The van der Waals surface area contributed by atoms with E-state index in [4.69, 9.17) is 11.6 Å². The predicted molar refractivity (Wildman–Crippen MR) is 86.5 cm³/mol. The summed E-state index contributed by atoms with van der Waals surface area (Å²) in [4.78, 5) is 13.5. The first-order valence-corrected chi connectivity index (χ1v) is 9.21. The monoisotopic (exact) mass is 344 g/mol. The van der Waals surface area contributed by atoms with Crippen LogP contribution in [-0.2, 0) is 14.8 Å². The lowest BCUT2D eigenvalue weighted by Crippen LogP contribution is -2.31. The van der Waals surface area contributed by atoms with Gasteiger partial charge in [0.15, 0.2) is 0 Å². The van der Waals surface area contributed by atoms with Crippen molar-refractivity contribution in [3.63, 3.8) is 0 Å². The number of amides is 1. The molecular formula is C15H21ClN2O3S. The molecule has 0 aromatic heterocycles. The second-order valence-electron chi connectivity index (χ2n) is 5.60. The minimum Gasteiger partial charge on any atom is -0.343 e. The molecule has 5 nitrogen and oxygen atoms in total. The first-order valence-electron chi connectivity index (χ1n) is 7.35. The number of likely N-dealkylation sites (tertiary alicyclic amines) is 1. The standard InChI is InChI=1S/C15H21ClN2O3S/c1-11-10-14(12(2)9-13(11)16)22(20,21)17-6-4-8-18-7-3-5-15(18)19/h9-10,17H,3-8H2,1-2H3. The molecule has 2 rings (SSSR count). The van der Waals surface area contributed by atoms with Crippen LogP contribution in [0, 0.1) is 13.8 Å². The molecule has 0 radical (unpaired) electrons. The van der Waals surface area contributed by atoms with Gasteiger partial charge in [-0.15, -0.1) is 0 Å². The highest BCUT2D eigenvalue weighted by molar-refractivity contribution is 7.89. The van der Waals surface area contributed by atoms with Crippen molar-refractivity contribution in [2.24, 2.45) is 0 Å². The maximum absolute atomic E-state index is 12.3. The maximum atomic E-state index is 12.3. The number of nitrogens with zero attached hydrogens (tertiary/aromatic N) is 1. The van der Waals surface area contributed by atoms with Crippen molar-refractivity contribution in [2.45, 2.75) is 38.0 Å². The van der Waals surface area contributed by atoms with E-state index in [-0.39, 0.29) is 10.8 Å². The van der Waals surface area contributed by atoms with Crippen LogP contribution in [0.5, 0.6) is 0 Å². The van der Waals surface area contributed by atoms with E-state index < -0.39 is 10.0 Å². The largest absolute Gasteiger partial charge is 0.343 e. The molecule has 1 amide bonds. The van der Waals surface area contributed by atoms with Gasteiger partial charge in [-0.3, -0.25) is 4.79 Å². The lowest BCUT2D eigenvalue weighted by Gasteiger charge is -2.16. The molecule has 1 heterocycles. The fraction of sp³-hybridized carbons (Fsp3) is 0.533. The van der Waals surface area contributed by atoms with E-state index in [9.17, 15) is 13.2 Å². The second-order valence-corrected chi connectivity index (χ2v) is 7.75. The fourth-order valence-electron chi connectivity index (χ4n) is 2.54. The van der Waals surface area contributed by atoms with Gasteiger partial charge in [-0.2, -0.15) is 0 Å². The summed E-state index contributed by atoms with van der Waals surface area (Å²) in [7, 11) is -3.55. The quantitative estimate of drug-likeness (QED) is 0.805. The molecule has 1 aromatic rings. The van der Waals surface area contributed by atoms with Gasteiger partial charge in [-0.05, 0) is 49.9 Å². The van der Waals surface area contributed by atoms with E-state index in [1.807, 2.05) is 0 Å². The van der Waals surface area contributed by atoms with Crippen molar-refractivity contribution < 1.29 is 13.2 Å². The van der Waals surface area contributed by atoms with Crippen LogP contribution in [0.2, 0.25) is 5.02 Å². The maximum Gasteiger partial charge on any atom is 0.240 e. The van der Waals surface area contributed by atoms with Crippen LogP contribution in [0.15, 0.2) is 17.0 Å². The Hall–Kier alpha value is -1.11. The minimum absolute atomic E-state index is 0.159. The molecule has 122 valence electrons. The van der Waals surface area contributed by atoms with E-state index in [0.717, 1.165) is 18.5 Å². The summed E-state index contributed by atoms with van der Waals surface area (Å²) in [6, 6.07) is 3.25. The zero-order valence-electron chi connectivity index (χ0n) is 12.9. The van der Waals surface area contributed by atoms with Crippen LogP contribution >= 0.6 is 11.6 Å². The average molecular weight is 345 g/mol.